The van der Waals surface area contributed by atoms with Crippen molar-refractivity contribution in [2.45, 2.75) is 31.1 Å². The largest absolute Gasteiger partial charge is 0.348 e. The highest BCUT2D eigenvalue weighted by Crippen LogP contribution is 2.27. The second-order valence-electron chi connectivity index (χ2n) is 3.81. The minimum Gasteiger partial charge on any atom is -0.348 e. The third-order valence-electron chi connectivity index (χ3n) is 1.91. The number of carbonyl (C=O) groups excluding carboxylic acids is 1. The first kappa shape index (κ1) is 13.0. The molecule has 1 N–H and O–H groups in total. The molecule has 0 saturated carbocycles. The Balaban J connectivity index is 2.64. The molecule has 0 bridgehead atoms. The molecule has 15 heavy (non-hydrogen) atoms. The summed E-state index contributed by atoms with van der Waals surface area (Å²) in [6.45, 7) is 5.58. The van der Waals surface area contributed by atoms with E-state index < -0.39 is 4.32 Å². The normalized spacial score (nSPS) is 13.7. The van der Waals surface area contributed by atoms with Crippen molar-refractivity contribution in [3.05, 3.63) is 21.3 Å². The molecule has 0 aliphatic heterocycles. The standard InChI is InChI=1S/C10H13BrClNOS/c1-6(7-4-5-8(12)15-7)13-9(14)10(2,3)11/h4-6H,1-3H3,(H,13,14). The van der Waals surface area contributed by atoms with Crippen LogP contribution in [0.1, 0.15) is 31.7 Å². The van der Waals surface area contributed by atoms with Crippen LogP contribution in [0.2, 0.25) is 4.34 Å². The predicted molar refractivity (Wildman–Crippen MR) is 68.9 cm³/mol. The van der Waals surface area contributed by atoms with Gasteiger partial charge in [0.2, 0.25) is 5.91 Å². The van der Waals surface area contributed by atoms with Crippen molar-refractivity contribution in [2.24, 2.45) is 0 Å². The SMILES string of the molecule is CC(NC(=O)C(C)(C)Br)c1ccc(Cl)s1. The molecule has 1 amide bonds. The Kier molecular flexibility index (Phi) is 4.20. The van der Waals surface area contributed by atoms with Gasteiger partial charge in [0.1, 0.15) is 0 Å². The van der Waals surface area contributed by atoms with E-state index in [9.17, 15) is 4.79 Å². The summed E-state index contributed by atoms with van der Waals surface area (Å²) in [4.78, 5) is 12.7. The summed E-state index contributed by atoms with van der Waals surface area (Å²) in [5.41, 5.74) is 0. The van der Waals surface area contributed by atoms with Crippen LogP contribution in [0.15, 0.2) is 12.1 Å². The zero-order chi connectivity index (χ0) is 11.6. The third-order valence-corrected chi connectivity index (χ3v) is 3.68. The number of rotatable bonds is 3. The lowest BCUT2D eigenvalue weighted by molar-refractivity contribution is -0.123. The Labute approximate surface area is 107 Å². The molecule has 1 aromatic rings. The monoisotopic (exact) mass is 309 g/mol. The van der Waals surface area contributed by atoms with Gasteiger partial charge in [0.25, 0.3) is 0 Å². The molecule has 1 atom stereocenters. The predicted octanol–water partition coefficient (Wildman–Crippen LogP) is 3.75. The topological polar surface area (TPSA) is 29.1 Å². The fraction of sp³-hybridized carbons (Fsp3) is 0.500. The summed E-state index contributed by atoms with van der Waals surface area (Å²) in [6.07, 6.45) is 0. The maximum absolute atomic E-state index is 11.7. The molecule has 0 spiro atoms. The molecule has 1 rings (SSSR count). The number of alkyl halides is 1. The summed E-state index contributed by atoms with van der Waals surface area (Å²) >= 11 is 10.6. The van der Waals surface area contributed by atoms with Gasteiger partial charge in [0.15, 0.2) is 0 Å². The molecule has 0 radical (unpaired) electrons. The average molecular weight is 311 g/mol. The van der Waals surface area contributed by atoms with Crippen LogP contribution in [0.25, 0.3) is 0 Å². The zero-order valence-electron chi connectivity index (χ0n) is 8.80. The van der Waals surface area contributed by atoms with E-state index in [1.54, 1.807) is 0 Å². The molecule has 0 aromatic carbocycles. The van der Waals surface area contributed by atoms with E-state index in [4.69, 9.17) is 11.6 Å². The van der Waals surface area contributed by atoms with Crippen molar-refractivity contribution >= 4 is 44.8 Å². The molecule has 1 aromatic heterocycles. The Morgan fingerprint density at radius 1 is 1.60 bits per heavy atom. The Morgan fingerprint density at radius 3 is 2.60 bits per heavy atom. The van der Waals surface area contributed by atoms with Gasteiger partial charge >= 0.3 is 0 Å². The molecule has 0 aliphatic rings. The maximum Gasteiger partial charge on any atom is 0.236 e. The molecule has 1 heterocycles. The van der Waals surface area contributed by atoms with Gasteiger partial charge in [-0.25, -0.2) is 0 Å². The zero-order valence-corrected chi connectivity index (χ0v) is 12.0. The molecule has 0 aliphatic carbocycles. The van der Waals surface area contributed by atoms with E-state index in [-0.39, 0.29) is 11.9 Å². The first-order chi connectivity index (χ1) is 6.80. The van der Waals surface area contributed by atoms with Crippen molar-refractivity contribution < 1.29 is 4.79 Å². The fourth-order valence-corrected chi connectivity index (χ4v) is 2.18. The molecule has 1 unspecified atom stereocenters. The summed E-state index contributed by atoms with van der Waals surface area (Å²) in [5, 5.41) is 2.92. The van der Waals surface area contributed by atoms with Gasteiger partial charge in [0, 0.05) is 4.88 Å². The second-order valence-corrected chi connectivity index (χ2v) is 7.54. The van der Waals surface area contributed by atoms with Gasteiger partial charge in [-0.15, -0.1) is 11.3 Å². The number of hydrogen-bond acceptors (Lipinski definition) is 2. The highest BCUT2D eigenvalue weighted by atomic mass is 79.9. The second kappa shape index (κ2) is 4.85. The highest BCUT2D eigenvalue weighted by Gasteiger charge is 2.25. The van der Waals surface area contributed by atoms with Crippen LogP contribution in [-0.2, 0) is 4.79 Å². The quantitative estimate of drug-likeness (QED) is 0.846. The van der Waals surface area contributed by atoms with E-state index in [1.807, 2.05) is 32.9 Å². The summed E-state index contributed by atoms with van der Waals surface area (Å²) < 4.78 is 0.201. The van der Waals surface area contributed by atoms with Crippen molar-refractivity contribution in [2.75, 3.05) is 0 Å². The number of carbonyl (C=O) groups is 1. The van der Waals surface area contributed by atoms with Gasteiger partial charge in [0.05, 0.1) is 14.7 Å². The minimum absolute atomic E-state index is 0.00757. The first-order valence-corrected chi connectivity index (χ1v) is 6.54. The molecule has 5 heteroatoms. The number of halogens is 2. The number of nitrogens with one attached hydrogen (secondary N) is 1. The van der Waals surface area contributed by atoms with Crippen LogP contribution >= 0.6 is 38.9 Å². The van der Waals surface area contributed by atoms with Crippen molar-refractivity contribution in [1.82, 2.24) is 5.32 Å². The van der Waals surface area contributed by atoms with E-state index in [2.05, 4.69) is 21.2 Å². The highest BCUT2D eigenvalue weighted by molar-refractivity contribution is 9.10. The van der Waals surface area contributed by atoms with Crippen LogP contribution in [0.3, 0.4) is 0 Å². The first-order valence-electron chi connectivity index (χ1n) is 4.56. The van der Waals surface area contributed by atoms with Crippen LogP contribution in [0.5, 0.6) is 0 Å². The summed E-state index contributed by atoms with van der Waals surface area (Å²) in [6, 6.07) is 3.76. The van der Waals surface area contributed by atoms with Gasteiger partial charge in [-0.1, -0.05) is 27.5 Å². The van der Waals surface area contributed by atoms with Crippen LogP contribution in [0, 0.1) is 0 Å². The lowest BCUT2D eigenvalue weighted by Crippen LogP contribution is -2.38. The van der Waals surface area contributed by atoms with Gasteiger partial charge < -0.3 is 5.32 Å². The van der Waals surface area contributed by atoms with Gasteiger partial charge in [-0.05, 0) is 32.9 Å². The van der Waals surface area contributed by atoms with Crippen LogP contribution in [0.4, 0.5) is 0 Å². The van der Waals surface area contributed by atoms with Crippen molar-refractivity contribution in [3.8, 4) is 0 Å². The lowest BCUT2D eigenvalue weighted by Gasteiger charge is -2.19. The van der Waals surface area contributed by atoms with E-state index in [0.29, 0.717) is 0 Å². The van der Waals surface area contributed by atoms with Gasteiger partial charge in [-0.2, -0.15) is 0 Å². The number of amides is 1. The summed E-state index contributed by atoms with van der Waals surface area (Å²) in [5.74, 6) is -0.0282. The molecule has 0 saturated heterocycles. The number of hydrogen-bond donors (Lipinski definition) is 1. The molecular formula is C10H13BrClNOS. The van der Waals surface area contributed by atoms with Crippen LogP contribution in [-0.4, -0.2) is 10.2 Å². The lowest BCUT2D eigenvalue weighted by atomic mass is 10.2. The maximum atomic E-state index is 11.7. The molecule has 2 nitrogen and oxygen atoms in total. The Morgan fingerprint density at radius 2 is 2.20 bits per heavy atom. The van der Waals surface area contributed by atoms with Crippen molar-refractivity contribution in [3.63, 3.8) is 0 Å². The van der Waals surface area contributed by atoms with E-state index >= 15 is 0 Å². The third kappa shape index (κ3) is 3.78. The van der Waals surface area contributed by atoms with E-state index in [1.165, 1.54) is 11.3 Å². The van der Waals surface area contributed by atoms with E-state index in [0.717, 1.165) is 9.21 Å². The molecule has 0 fully saturated rings. The molecule has 84 valence electrons. The smallest absolute Gasteiger partial charge is 0.236 e. The average Bonchev–Trinajstić information content (AvgIpc) is 2.50. The molecular weight excluding hydrogens is 298 g/mol. The Hall–Kier alpha value is -0.0600. The van der Waals surface area contributed by atoms with Crippen molar-refractivity contribution in [1.29, 1.82) is 0 Å². The Bertz CT molecular complexity index is 359. The van der Waals surface area contributed by atoms with Gasteiger partial charge in [-0.3, -0.25) is 4.79 Å². The summed E-state index contributed by atoms with van der Waals surface area (Å²) in [7, 11) is 0. The van der Waals surface area contributed by atoms with Crippen LogP contribution < -0.4 is 5.32 Å². The fourth-order valence-electron chi connectivity index (χ4n) is 1.00. The minimum atomic E-state index is -0.539. The number of thiophene rings is 1.